The molecule has 0 bridgehead atoms. The molecule has 128 valence electrons. The summed E-state index contributed by atoms with van der Waals surface area (Å²) in [5.74, 6) is -0.680. The van der Waals surface area contributed by atoms with Gasteiger partial charge in [-0.1, -0.05) is 17.7 Å². The molecule has 5 nitrogen and oxygen atoms in total. The predicted molar refractivity (Wildman–Crippen MR) is 96.0 cm³/mol. The predicted octanol–water partition coefficient (Wildman–Crippen LogP) is 3.73. The maximum Gasteiger partial charge on any atom is 0.333 e. The van der Waals surface area contributed by atoms with Crippen LogP contribution in [0.1, 0.15) is 42.3 Å². The van der Waals surface area contributed by atoms with E-state index in [1.165, 1.54) is 11.0 Å². The Morgan fingerprint density at radius 2 is 1.80 bits per heavy atom. The average Bonchev–Trinajstić information content (AvgIpc) is 2.80. The topological polar surface area (TPSA) is 59.5 Å². The number of hydrogen-bond donors (Lipinski definition) is 0. The molecule has 0 radical (unpaired) electrons. The van der Waals surface area contributed by atoms with Crippen LogP contribution in [0.15, 0.2) is 48.8 Å². The van der Waals surface area contributed by atoms with E-state index in [0.717, 1.165) is 5.56 Å². The molecular formula is C20H20N2O3. The Balaban J connectivity index is 2.08. The van der Waals surface area contributed by atoms with E-state index in [1.54, 1.807) is 39.2 Å². The van der Waals surface area contributed by atoms with E-state index < -0.39 is 11.6 Å². The second-order valence-electron chi connectivity index (χ2n) is 6.96. The van der Waals surface area contributed by atoms with Crippen LogP contribution in [0.5, 0.6) is 0 Å². The standard InChI is InChI=1S/C20H20N2O3/c1-13-5-7-14(8-6-13)22-17(11-18(23)25-20(2,3)4)16-12-21-10-9-15(16)19(22)24/h5-12H,1-4H3/b17-11+. The summed E-state index contributed by atoms with van der Waals surface area (Å²) in [5, 5.41) is 0. The minimum Gasteiger partial charge on any atom is -0.457 e. The monoisotopic (exact) mass is 336 g/mol. The summed E-state index contributed by atoms with van der Waals surface area (Å²) in [6.07, 6.45) is 4.52. The van der Waals surface area contributed by atoms with Crippen LogP contribution in [-0.4, -0.2) is 22.5 Å². The van der Waals surface area contributed by atoms with Crippen LogP contribution in [0.2, 0.25) is 0 Å². The summed E-state index contributed by atoms with van der Waals surface area (Å²) < 4.78 is 5.38. The Kier molecular flexibility index (Phi) is 4.17. The highest BCUT2D eigenvalue weighted by Gasteiger charge is 2.34. The first-order chi connectivity index (χ1) is 11.8. The summed E-state index contributed by atoms with van der Waals surface area (Å²) in [7, 11) is 0. The number of fused-ring (bicyclic) bond motifs is 1. The molecule has 1 aliphatic heterocycles. The molecule has 25 heavy (non-hydrogen) atoms. The number of aryl methyl sites for hydroxylation is 1. The molecule has 1 aromatic carbocycles. The van der Waals surface area contributed by atoms with Crippen molar-refractivity contribution in [1.29, 1.82) is 0 Å². The highest BCUT2D eigenvalue weighted by atomic mass is 16.6. The molecule has 0 spiro atoms. The van der Waals surface area contributed by atoms with Crippen LogP contribution in [0.25, 0.3) is 5.70 Å². The maximum absolute atomic E-state index is 12.9. The average molecular weight is 336 g/mol. The SMILES string of the molecule is Cc1ccc(N2C(=O)c3ccncc3/C2=C\C(=O)OC(C)(C)C)cc1. The lowest BCUT2D eigenvalue weighted by atomic mass is 10.1. The zero-order chi connectivity index (χ0) is 18.2. The van der Waals surface area contributed by atoms with Gasteiger partial charge < -0.3 is 4.74 Å². The first-order valence-corrected chi connectivity index (χ1v) is 8.06. The van der Waals surface area contributed by atoms with Crippen LogP contribution in [0.4, 0.5) is 5.69 Å². The Morgan fingerprint density at radius 1 is 1.12 bits per heavy atom. The van der Waals surface area contributed by atoms with Crippen LogP contribution in [-0.2, 0) is 9.53 Å². The zero-order valence-corrected chi connectivity index (χ0v) is 14.7. The molecule has 1 aliphatic rings. The Morgan fingerprint density at radius 3 is 2.44 bits per heavy atom. The number of anilines is 1. The van der Waals surface area contributed by atoms with Gasteiger partial charge in [-0.25, -0.2) is 4.79 Å². The van der Waals surface area contributed by atoms with Crippen molar-refractivity contribution < 1.29 is 14.3 Å². The van der Waals surface area contributed by atoms with Gasteiger partial charge in [-0.3, -0.25) is 14.7 Å². The Labute approximate surface area is 146 Å². The fourth-order valence-corrected chi connectivity index (χ4v) is 2.67. The molecule has 1 aromatic heterocycles. The van der Waals surface area contributed by atoms with E-state index in [-0.39, 0.29) is 5.91 Å². The molecule has 5 heteroatoms. The summed E-state index contributed by atoms with van der Waals surface area (Å²) >= 11 is 0. The molecule has 0 saturated carbocycles. The largest absolute Gasteiger partial charge is 0.457 e. The van der Waals surface area contributed by atoms with E-state index in [9.17, 15) is 9.59 Å². The van der Waals surface area contributed by atoms with E-state index in [2.05, 4.69) is 4.98 Å². The van der Waals surface area contributed by atoms with Crippen molar-refractivity contribution in [3.8, 4) is 0 Å². The molecule has 0 saturated heterocycles. The van der Waals surface area contributed by atoms with E-state index >= 15 is 0 Å². The van der Waals surface area contributed by atoms with Gasteiger partial charge in [0.15, 0.2) is 0 Å². The zero-order valence-electron chi connectivity index (χ0n) is 14.7. The number of benzene rings is 1. The summed E-state index contributed by atoms with van der Waals surface area (Å²) in [6, 6.07) is 9.23. The van der Waals surface area contributed by atoms with Gasteiger partial charge in [0, 0.05) is 29.7 Å². The van der Waals surface area contributed by atoms with Crippen molar-refractivity contribution in [2.24, 2.45) is 0 Å². The number of aromatic nitrogens is 1. The number of hydrogen-bond acceptors (Lipinski definition) is 4. The van der Waals surface area contributed by atoms with Crippen molar-refractivity contribution in [2.45, 2.75) is 33.3 Å². The number of esters is 1. The van der Waals surface area contributed by atoms with Gasteiger partial charge in [0.05, 0.1) is 11.3 Å². The summed E-state index contributed by atoms with van der Waals surface area (Å²) in [6.45, 7) is 7.38. The van der Waals surface area contributed by atoms with Gasteiger partial charge >= 0.3 is 5.97 Å². The quantitative estimate of drug-likeness (QED) is 0.619. The minimum absolute atomic E-state index is 0.184. The Bertz CT molecular complexity index is 861. The number of nitrogens with zero attached hydrogens (tertiary/aromatic N) is 2. The number of carbonyl (C=O) groups is 2. The van der Waals surface area contributed by atoms with E-state index in [0.29, 0.717) is 22.5 Å². The number of ether oxygens (including phenoxy) is 1. The molecule has 1 amide bonds. The first-order valence-electron chi connectivity index (χ1n) is 8.06. The van der Waals surface area contributed by atoms with Crippen LogP contribution >= 0.6 is 0 Å². The molecule has 2 heterocycles. The lowest BCUT2D eigenvalue weighted by Crippen LogP contribution is -2.25. The number of rotatable bonds is 2. The van der Waals surface area contributed by atoms with Crippen LogP contribution < -0.4 is 4.90 Å². The molecule has 0 unspecified atom stereocenters. The Hall–Kier alpha value is -2.95. The molecule has 0 atom stereocenters. The fourth-order valence-electron chi connectivity index (χ4n) is 2.67. The molecule has 0 aliphatic carbocycles. The van der Waals surface area contributed by atoms with Gasteiger partial charge in [0.25, 0.3) is 5.91 Å². The first kappa shape index (κ1) is 16.9. The number of carbonyl (C=O) groups excluding carboxylic acids is 2. The van der Waals surface area contributed by atoms with Gasteiger partial charge in [-0.05, 0) is 45.9 Å². The lowest BCUT2D eigenvalue weighted by Gasteiger charge is -2.21. The van der Waals surface area contributed by atoms with Gasteiger partial charge in [-0.15, -0.1) is 0 Å². The third kappa shape index (κ3) is 3.45. The molecule has 0 fully saturated rings. The van der Waals surface area contributed by atoms with Crippen molar-refractivity contribution in [2.75, 3.05) is 4.90 Å². The fraction of sp³-hybridized carbons (Fsp3) is 0.250. The van der Waals surface area contributed by atoms with Crippen molar-refractivity contribution in [3.05, 3.63) is 65.5 Å². The normalized spacial score (nSPS) is 15.4. The highest BCUT2D eigenvalue weighted by Crippen LogP contribution is 2.36. The molecule has 0 N–H and O–H groups in total. The number of pyridine rings is 1. The summed E-state index contributed by atoms with van der Waals surface area (Å²) in [5.41, 5.74) is 2.80. The minimum atomic E-state index is -0.608. The van der Waals surface area contributed by atoms with E-state index in [1.807, 2.05) is 31.2 Å². The second-order valence-corrected chi connectivity index (χ2v) is 6.96. The second kappa shape index (κ2) is 6.16. The molecular weight excluding hydrogens is 316 g/mol. The third-order valence-corrected chi connectivity index (χ3v) is 3.72. The van der Waals surface area contributed by atoms with Crippen molar-refractivity contribution >= 4 is 23.3 Å². The molecule has 2 aromatic rings. The van der Waals surface area contributed by atoms with E-state index in [4.69, 9.17) is 4.74 Å². The number of amides is 1. The van der Waals surface area contributed by atoms with Crippen LogP contribution in [0, 0.1) is 6.92 Å². The van der Waals surface area contributed by atoms with Crippen molar-refractivity contribution in [3.63, 3.8) is 0 Å². The van der Waals surface area contributed by atoms with Gasteiger partial charge in [-0.2, -0.15) is 0 Å². The van der Waals surface area contributed by atoms with Crippen LogP contribution in [0.3, 0.4) is 0 Å². The van der Waals surface area contributed by atoms with Crippen molar-refractivity contribution in [1.82, 2.24) is 4.98 Å². The highest BCUT2D eigenvalue weighted by molar-refractivity contribution is 6.23. The van der Waals surface area contributed by atoms with Gasteiger partial charge in [0.2, 0.25) is 0 Å². The van der Waals surface area contributed by atoms with Gasteiger partial charge in [0.1, 0.15) is 5.60 Å². The molecule has 3 rings (SSSR count). The maximum atomic E-state index is 12.9. The smallest absolute Gasteiger partial charge is 0.333 e. The third-order valence-electron chi connectivity index (χ3n) is 3.72. The lowest BCUT2D eigenvalue weighted by molar-refractivity contribution is -0.148. The summed E-state index contributed by atoms with van der Waals surface area (Å²) in [4.78, 5) is 30.8.